The Balaban J connectivity index is 1.70. The Kier molecular flexibility index (Phi) is 4.43. The van der Waals surface area contributed by atoms with E-state index in [2.05, 4.69) is 26.5 Å². The molecule has 0 bridgehead atoms. The number of rotatable bonds is 4. The fourth-order valence-corrected chi connectivity index (χ4v) is 2.63. The van der Waals surface area contributed by atoms with Crippen molar-refractivity contribution < 1.29 is 19.2 Å². The summed E-state index contributed by atoms with van der Waals surface area (Å²) < 4.78 is 11.3. The molecule has 0 unspecified atom stereocenters. The molecule has 8 nitrogen and oxygen atoms in total. The molecule has 0 saturated carbocycles. The summed E-state index contributed by atoms with van der Waals surface area (Å²) in [5, 5.41) is 14.6. The standard InChI is InChI=1S/C15H10BrN3O5/c16-12-4-9(5-13-14(12)24-8-23-13)7-17-18-15(20)10-2-1-3-11(6-10)19(21)22/h1-7H,8H2,(H,18,20)/b17-7-. The van der Waals surface area contributed by atoms with Crippen LogP contribution in [0.4, 0.5) is 5.69 Å². The normalized spacial score (nSPS) is 12.4. The van der Waals surface area contributed by atoms with Crippen molar-refractivity contribution in [2.75, 3.05) is 6.79 Å². The molecular weight excluding hydrogens is 382 g/mol. The first-order valence-corrected chi connectivity index (χ1v) is 7.51. The highest BCUT2D eigenvalue weighted by atomic mass is 79.9. The molecule has 0 radical (unpaired) electrons. The van der Waals surface area contributed by atoms with Crippen molar-refractivity contribution in [3.63, 3.8) is 0 Å². The van der Waals surface area contributed by atoms with Gasteiger partial charge in [-0.3, -0.25) is 14.9 Å². The second-order valence-corrected chi connectivity index (χ2v) is 5.60. The van der Waals surface area contributed by atoms with Crippen molar-refractivity contribution in [2.24, 2.45) is 5.10 Å². The number of nitro groups is 1. The zero-order chi connectivity index (χ0) is 17.1. The van der Waals surface area contributed by atoms with Crippen LogP contribution in [-0.4, -0.2) is 23.8 Å². The van der Waals surface area contributed by atoms with Gasteiger partial charge in [-0.05, 0) is 39.7 Å². The van der Waals surface area contributed by atoms with Crippen LogP contribution in [0, 0.1) is 10.1 Å². The molecule has 2 aromatic carbocycles. The molecule has 0 aliphatic carbocycles. The van der Waals surface area contributed by atoms with Gasteiger partial charge in [0, 0.05) is 17.7 Å². The summed E-state index contributed by atoms with van der Waals surface area (Å²) in [5.41, 5.74) is 2.99. The number of halogens is 1. The van der Waals surface area contributed by atoms with E-state index in [0.717, 1.165) is 0 Å². The van der Waals surface area contributed by atoms with Crippen LogP contribution in [0.25, 0.3) is 0 Å². The summed E-state index contributed by atoms with van der Waals surface area (Å²) in [6.45, 7) is 0.151. The van der Waals surface area contributed by atoms with E-state index in [1.165, 1.54) is 30.5 Å². The lowest BCUT2D eigenvalue weighted by molar-refractivity contribution is -0.384. The Morgan fingerprint density at radius 2 is 2.17 bits per heavy atom. The summed E-state index contributed by atoms with van der Waals surface area (Å²) >= 11 is 3.36. The smallest absolute Gasteiger partial charge is 0.271 e. The van der Waals surface area contributed by atoms with E-state index in [0.29, 0.717) is 21.5 Å². The number of amides is 1. The maximum absolute atomic E-state index is 12.0. The second-order valence-electron chi connectivity index (χ2n) is 4.74. The Morgan fingerprint density at radius 3 is 2.96 bits per heavy atom. The second kappa shape index (κ2) is 6.67. The fraction of sp³-hybridized carbons (Fsp3) is 0.0667. The lowest BCUT2D eigenvalue weighted by Crippen LogP contribution is -2.17. The monoisotopic (exact) mass is 391 g/mol. The maximum Gasteiger partial charge on any atom is 0.271 e. The zero-order valence-corrected chi connectivity index (χ0v) is 13.6. The minimum Gasteiger partial charge on any atom is -0.454 e. The molecule has 1 heterocycles. The van der Waals surface area contributed by atoms with Crippen LogP contribution in [0.15, 0.2) is 46.0 Å². The molecule has 0 saturated heterocycles. The van der Waals surface area contributed by atoms with Gasteiger partial charge in [-0.15, -0.1) is 0 Å². The van der Waals surface area contributed by atoms with Crippen LogP contribution < -0.4 is 14.9 Å². The average Bonchev–Trinajstić information content (AvgIpc) is 3.04. The largest absolute Gasteiger partial charge is 0.454 e. The van der Waals surface area contributed by atoms with Crippen molar-refractivity contribution in [3.05, 3.63) is 62.1 Å². The van der Waals surface area contributed by atoms with Crippen molar-refractivity contribution >= 4 is 33.7 Å². The van der Waals surface area contributed by atoms with Gasteiger partial charge in [0.2, 0.25) is 6.79 Å². The Labute approximate surface area is 144 Å². The van der Waals surface area contributed by atoms with E-state index in [4.69, 9.17) is 9.47 Å². The molecule has 0 atom stereocenters. The summed E-state index contributed by atoms with van der Waals surface area (Å²) in [7, 11) is 0. The van der Waals surface area contributed by atoms with Gasteiger partial charge in [0.05, 0.1) is 15.6 Å². The number of carbonyl (C=O) groups is 1. The van der Waals surface area contributed by atoms with Crippen molar-refractivity contribution in [2.45, 2.75) is 0 Å². The van der Waals surface area contributed by atoms with Crippen LogP contribution in [0.5, 0.6) is 11.5 Å². The molecular formula is C15H10BrN3O5. The summed E-state index contributed by atoms with van der Waals surface area (Å²) in [6.07, 6.45) is 1.43. The predicted molar refractivity (Wildman–Crippen MR) is 88.4 cm³/mol. The number of non-ortho nitro benzene ring substituents is 1. The lowest BCUT2D eigenvalue weighted by Gasteiger charge is -2.02. The van der Waals surface area contributed by atoms with Gasteiger partial charge in [-0.2, -0.15) is 5.10 Å². The minimum absolute atomic E-state index is 0.146. The number of hydrogen-bond donors (Lipinski definition) is 1. The molecule has 3 rings (SSSR count). The quantitative estimate of drug-likeness (QED) is 0.490. The number of carbonyl (C=O) groups excluding carboxylic acids is 1. The average molecular weight is 392 g/mol. The molecule has 24 heavy (non-hydrogen) atoms. The number of nitrogens with one attached hydrogen (secondary N) is 1. The number of nitro benzene ring substituents is 1. The van der Waals surface area contributed by atoms with Gasteiger partial charge in [-0.1, -0.05) is 6.07 Å². The van der Waals surface area contributed by atoms with Crippen molar-refractivity contribution in [1.29, 1.82) is 0 Å². The van der Waals surface area contributed by atoms with Gasteiger partial charge in [-0.25, -0.2) is 5.43 Å². The van der Waals surface area contributed by atoms with Crippen LogP contribution >= 0.6 is 15.9 Å². The SMILES string of the molecule is O=C(N/N=C\c1cc(Br)c2c(c1)OCO2)c1cccc([N+](=O)[O-])c1. The molecule has 0 aromatic heterocycles. The molecule has 0 spiro atoms. The molecule has 2 aromatic rings. The topological polar surface area (TPSA) is 103 Å². The minimum atomic E-state index is -0.565. The number of ether oxygens (including phenoxy) is 2. The third-order valence-electron chi connectivity index (χ3n) is 3.15. The van der Waals surface area contributed by atoms with Gasteiger partial charge in [0.15, 0.2) is 11.5 Å². The fourth-order valence-electron chi connectivity index (χ4n) is 2.05. The van der Waals surface area contributed by atoms with Gasteiger partial charge in [0.25, 0.3) is 11.6 Å². The van der Waals surface area contributed by atoms with Crippen molar-refractivity contribution in [3.8, 4) is 11.5 Å². The zero-order valence-electron chi connectivity index (χ0n) is 12.1. The molecule has 1 N–H and O–H groups in total. The highest BCUT2D eigenvalue weighted by Crippen LogP contribution is 2.39. The Morgan fingerprint density at radius 1 is 1.33 bits per heavy atom. The predicted octanol–water partition coefficient (Wildman–Crippen LogP) is 2.85. The first-order valence-electron chi connectivity index (χ1n) is 6.71. The summed E-state index contributed by atoms with van der Waals surface area (Å²) in [6, 6.07) is 8.87. The van der Waals surface area contributed by atoms with Crippen molar-refractivity contribution in [1.82, 2.24) is 5.43 Å². The summed E-state index contributed by atoms with van der Waals surface area (Å²) in [5.74, 6) is 0.651. The number of nitrogens with zero attached hydrogens (tertiary/aromatic N) is 2. The van der Waals surface area contributed by atoms with E-state index in [1.54, 1.807) is 12.1 Å². The van der Waals surface area contributed by atoms with E-state index in [-0.39, 0.29) is 18.0 Å². The third kappa shape index (κ3) is 3.35. The van der Waals surface area contributed by atoms with E-state index in [1.807, 2.05) is 0 Å². The lowest BCUT2D eigenvalue weighted by atomic mass is 10.2. The van der Waals surface area contributed by atoms with E-state index in [9.17, 15) is 14.9 Å². The molecule has 1 aliphatic heterocycles. The highest BCUT2D eigenvalue weighted by molar-refractivity contribution is 9.10. The number of fused-ring (bicyclic) bond motifs is 1. The van der Waals surface area contributed by atoms with Crippen LogP contribution in [0.3, 0.4) is 0 Å². The number of hydrazone groups is 1. The Bertz CT molecular complexity index is 853. The third-order valence-corrected chi connectivity index (χ3v) is 3.74. The van der Waals surface area contributed by atoms with Crippen LogP contribution in [0.2, 0.25) is 0 Å². The number of hydrogen-bond acceptors (Lipinski definition) is 6. The molecule has 9 heteroatoms. The van der Waals surface area contributed by atoms with E-state index >= 15 is 0 Å². The molecule has 1 amide bonds. The van der Waals surface area contributed by atoms with Crippen LogP contribution in [0.1, 0.15) is 15.9 Å². The Hall–Kier alpha value is -2.94. The summed E-state index contributed by atoms with van der Waals surface area (Å²) in [4.78, 5) is 22.1. The first kappa shape index (κ1) is 15.9. The first-order chi connectivity index (χ1) is 11.5. The number of benzene rings is 2. The van der Waals surface area contributed by atoms with Crippen LogP contribution in [-0.2, 0) is 0 Å². The molecule has 0 fully saturated rings. The highest BCUT2D eigenvalue weighted by Gasteiger charge is 2.17. The van der Waals surface area contributed by atoms with E-state index < -0.39 is 10.8 Å². The van der Waals surface area contributed by atoms with Gasteiger partial charge >= 0.3 is 0 Å². The molecule has 122 valence electrons. The maximum atomic E-state index is 12.0. The van der Waals surface area contributed by atoms with Gasteiger partial charge in [0.1, 0.15) is 0 Å². The molecule has 1 aliphatic rings. The van der Waals surface area contributed by atoms with Gasteiger partial charge < -0.3 is 9.47 Å².